The van der Waals surface area contributed by atoms with E-state index in [-0.39, 0.29) is 22.7 Å². The van der Waals surface area contributed by atoms with Crippen molar-refractivity contribution in [3.63, 3.8) is 0 Å². The summed E-state index contributed by atoms with van der Waals surface area (Å²) in [6.45, 7) is 8.24. The van der Waals surface area contributed by atoms with Crippen molar-refractivity contribution in [1.29, 1.82) is 5.26 Å². The molecule has 1 radical (unpaired) electrons. The minimum Gasteiger partial charge on any atom is -0.478 e. The summed E-state index contributed by atoms with van der Waals surface area (Å²) in [7, 11) is 1.88. The highest BCUT2D eigenvalue weighted by atomic mass is 16.5. The summed E-state index contributed by atoms with van der Waals surface area (Å²) in [5.74, 6) is 0.776. The average molecular weight is 570 g/mol. The lowest BCUT2D eigenvalue weighted by molar-refractivity contribution is 0.0698. The first kappa shape index (κ1) is 29.7. The molecule has 0 saturated heterocycles. The normalized spacial score (nSPS) is 19.9. The Morgan fingerprint density at radius 1 is 1.12 bits per heavy atom. The molecule has 1 N–H and O–H groups in total. The van der Waals surface area contributed by atoms with Crippen molar-refractivity contribution in [1.82, 2.24) is 0 Å². The number of carboxylic acids is 1. The van der Waals surface area contributed by atoms with E-state index in [0.29, 0.717) is 45.2 Å². The van der Waals surface area contributed by atoms with E-state index in [1.165, 1.54) is 6.07 Å². The molecule has 43 heavy (non-hydrogen) atoms. The first-order valence-electron chi connectivity index (χ1n) is 14.5. The van der Waals surface area contributed by atoms with Gasteiger partial charge in [-0.25, -0.2) is 4.79 Å². The van der Waals surface area contributed by atoms with Crippen LogP contribution in [-0.4, -0.2) is 18.4 Å². The first-order valence-corrected chi connectivity index (χ1v) is 14.5. The molecule has 5 rings (SSSR count). The third-order valence-corrected chi connectivity index (χ3v) is 8.12. The van der Waals surface area contributed by atoms with Crippen LogP contribution in [0.2, 0.25) is 0 Å². The molecule has 2 unspecified atom stereocenters. The summed E-state index contributed by atoms with van der Waals surface area (Å²) in [5.41, 5.74) is 4.14. The lowest BCUT2D eigenvalue weighted by atomic mass is 9.56. The Labute approximate surface area is 252 Å². The van der Waals surface area contributed by atoms with Crippen LogP contribution in [0.3, 0.4) is 0 Å². The Morgan fingerprint density at radius 2 is 1.86 bits per heavy atom. The molecule has 0 saturated carbocycles. The maximum absolute atomic E-state index is 13.5. The minimum absolute atomic E-state index is 0.186. The van der Waals surface area contributed by atoms with Crippen LogP contribution >= 0.6 is 0 Å². The topological polar surface area (TPSA) is 101 Å². The number of hydrogen-bond acceptors (Lipinski definition) is 5. The highest BCUT2D eigenvalue weighted by molar-refractivity contribution is 6.57. The molecule has 3 aromatic carbocycles. The minimum atomic E-state index is -0.999. The van der Waals surface area contributed by atoms with Crippen molar-refractivity contribution in [2.45, 2.75) is 46.4 Å². The van der Waals surface area contributed by atoms with Crippen LogP contribution in [0.5, 0.6) is 0 Å². The fraction of sp³-hybridized carbons (Fsp3) is 0.250. The molecule has 6 nitrogen and oxygen atoms in total. The van der Waals surface area contributed by atoms with E-state index in [1.807, 2.05) is 51.5 Å². The van der Waals surface area contributed by atoms with Gasteiger partial charge in [-0.15, -0.1) is 0 Å². The van der Waals surface area contributed by atoms with Gasteiger partial charge in [0.05, 0.1) is 22.6 Å². The number of benzene rings is 3. The van der Waals surface area contributed by atoms with E-state index in [0.717, 1.165) is 29.5 Å². The van der Waals surface area contributed by atoms with E-state index in [9.17, 15) is 20.0 Å². The van der Waals surface area contributed by atoms with Gasteiger partial charge >= 0.3 is 5.97 Å². The predicted molar refractivity (Wildman–Crippen MR) is 170 cm³/mol. The van der Waals surface area contributed by atoms with Gasteiger partial charge in [-0.05, 0) is 97.1 Å². The molecule has 1 aliphatic rings. The van der Waals surface area contributed by atoms with Crippen LogP contribution in [0.4, 0.5) is 0 Å². The standard InChI is InChI=1S/C36H33BNO5/c1-5-25-18-33(26-13-11-24(20-38)12-14-26)42-32(15-10-22(25)3)34-19-31(39)29-17-21(2)16-28(35(29)43-34)23(4)37-30-9-7-6-8-27(30)36(40)41/h6-9,11-19,22-23,25H,5,10H2,1-4H3,(H,40,41)/b32-15+,33-18-/t22-,23?,25?/m1/s1. The number of nitrogens with zero attached hydrogens (tertiary/aromatic N) is 1. The third-order valence-electron chi connectivity index (χ3n) is 8.12. The molecule has 0 bridgehead atoms. The summed E-state index contributed by atoms with van der Waals surface area (Å²) < 4.78 is 13.0. The van der Waals surface area contributed by atoms with Crippen molar-refractivity contribution in [3.8, 4) is 6.07 Å². The molecule has 0 spiro atoms. The van der Waals surface area contributed by atoms with Crippen LogP contribution in [0.1, 0.15) is 77.8 Å². The summed E-state index contributed by atoms with van der Waals surface area (Å²) in [6.07, 6.45) is 5.80. The zero-order chi connectivity index (χ0) is 30.7. The molecular weight excluding hydrogens is 537 g/mol. The summed E-state index contributed by atoms with van der Waals surface area (Å²) in [5, 5.41) is 19.4. The summed E-state index contributed by atoms with van der Waals surface area (Å²) in [6, 6.07) is 21.5. The number of carbonyl (C=O) groups is 1. The van der Waals surface area contributed by atoms with Crippen molar-refractivity contribution in [3.05, 3.63) is 123 Å². The first-order chi connectivity index (χ1) is 20.7. The van der Waals surface area contributed by atoms with Crippen LogP contribution < -0.4 is 10.9 Å². The van der Waals surface area contributed by atoms with Crippen LogP contribution in [0.15, 0.2) is 88.1 Å². The van der Waals surface area contributed by atoms with Crippen molar-refractivity contribution < 1.29 is 19.1 Å². The number of fused-ring (bicyclic) bond motifs is 1. The van der Waals surface area contributed by atoms with Gasteiger partial charge in [0, 0.05) is 11.6 Å². The van der Waals surface area contributed by atoms with Crippen molar-refractivity contribution in [2.75, 3.05) is 0 Å². The predicted octanol–water partition coefficient (Wildman–Crippen LogP) is 7.23. The number of allylic oxidation sites excluding steroid dienone is 2. The molecule has 1 aliphatic heterocycles. The molecular formula is C36H33BNO5. The monoisotopic (exact) mass is 570 g/mol. The maximum Gasteiger partial charge on any atom is 0.335 e. The Balaban J connectivity index is 1.59. The number of rotatable bonds is 7. The maximum atomic E-state index is 13.5. The van der Waals surface area contributed by atoms with Gasteiger partial charge in [-0.2, -0.15) is 5.26 Å². The lowest BCUT2D eigenvalue weighted by Crippen LogP contribution is -2.26. The molecule has 2 heterocycles. The second-order valence-corrected chi connectivity index (χ2v) is 11.2. The van der Waals surface area contributed by atoms with E-state index < -0.39 is 5.97 Å². The highest BCUT2D eigenvalue weighted by Crippen LogP contribution is 2.35. The molecule has 0 amide bonds. The molecule has 4 aromatic rings. The number of ether oxygens (including phenoxy) is 1. The van der Waals surface area contributed by atoms with E-state index in [1.54, 1.807) is 36.4 Å². The smallest absolute Gasteiger partial charge is 0.335 e. The Bertz CT molecular complexity index is 1840. The molecule has 7 heteroatoms. The average Bonchev–Trinajstić information content (AvgIpc) is 2.99. The molecule has 0 fully saturated rings. The van der Waals surface area contributed by atoms with Gasteiger partial charge in [0.1, 0.15) is 11.3 Å². The number of aryl methyl sites for hydroxylation is 1. The van der Waals surface area contributed by atoms with E-state index in [4.69, 9.17) is 9.15 Å². The number of carboxylic acid groups (broad SMARTS) is 1. The fourth-order valence-electron chi connectivity index (χ4n) is 5.65. The zero-order valence-corrected chi connectivity index (χ0v) is 24.8. The molecule has 1 aromatic heterocycles. The van der Waals surface area contributed by atoms with Crippen molar-refractivity contribution >= 4 is 41.2 Å². The van der Waals surface area contributed by atoms with Gasteiger partial charge in [0.15, 0.2) is 24.2 Å². The van der Waals surface area contributed by atoms with E-state index >= 15 is 0 Å². The summed E-state index contributed by atoms with van der Waals surface area (Å²) >= 11 is 0. The van der Waals surface area contributed by atoms with Gasteiger partial charge in [-0.3, -0.25) is 4.79 Å². The Hall–Kier alpha value is -4.83. The quantitative estimate of drug-likeness (QED) is 0.235. The van der Waals surface area contributed by atoms with Crippen molar-refractivity contribution in [2.24, 2.45) is 11.8 Å². The molecule has 215 valence electrons. The van der Waals surface area contributed by atoms with Gasteiger partial charge in [0.25, 0.3) is 0 Å². The van der Waals surface area contributed by atoms with Gasteiger partial charge < -0.3 is 14.3 Å². The molecule has 3 atom stereocenters. The Morgan fingerprint density at radius 3 is 2.56 bits per heavy atom. The molecule has 0 aliphatic carbocycles. The Kier molecular flexibility index (Phi) is 8.68. The fourth-order valence-corrected chi connectivity index (χ4v) is 5.65. The van der Waals surface area contributed by atoms with Crippen LogP contribution in [-0.2, 0) is 4.74 Å². The van der Waals surface area contributed by atoms with E-state index in [2.05, 4.69) is 26.0 Å². The lowest BCUT2D eigenvalue weighted by Gasteiger charge is -2.24. The second kappa shape index (κ2) is 12.6. The third kappa shape index (κ3) is 6.34. The zero-order valence-electron chi connectivity index (χ0n) is 24.8. The van der Waals surface area contributed by atoms with Gasteiger partial charge in [-0.1, -0.05) is 50.5 Å². The number of aromatic carboxylic acids is 1. The summed E-state index contributed by atoms with van der Waals surface area (Å²) in [4.78, 5) is 25.4. The SMILES string of the molecule is CCC1/C=C(/c2ccc(C#N)cc2)O/C(c2cc(=O)c3cc(C)cc(C(C)[B]c4ccccc4C(=O)O)c3o2)=C/C[C@H]1C. The number of hydrogen-bond donors (Lipinski definition) is 1. The van der Waals surface area contributed by atoms with Gasteiger partial charge in [0.2, 0.25) is 0 Å². The number of nitriles is 1. The largest absolute Gasteiger partial charge is 0.478 e. The second-order valence-electron chi connectivity index (χ2n) is 11.2. The van der Waals surface area contributed by atoms with Crippen LogP contribution in [0.25, 0.3) is 22.5 Å². The van der Waals surface area contributed by atoms with Crippen LogP contribution in [0, 0.1) is 30.1 Å². The highest BCUT2D eigenvalue weighted by Gasteiger charge is 2.24.